The number of nitrogens with one attached hydrogen (secondary N) is 1. The second-order valence-electron chi connectivity index (χ2n) is 7.71. The molecule has 0 fully saturated rings. The number of aliphatic hydroxyl groups excluding tert-OH is 5. The predicted molar refractivity (Wildman–Crippen MR) is 123 cm³/mol. The molecule has 6 heteroatoms. The van der Waals surface area contributed by atoms with Crippen molar-refractivity contribution in [2.75, 3.05) is 19.7 Å². The molecule has 0 aliphatic heterocycles. The van der Waals surface area contributed by atoms with Gasteiger partial charge in [-0.3, -0.25) is 0 Å². The van der Waals surface area contributed by atoms with Crippen LogP contribution in [0.5, 0.6) is 0 Å². The van der Waals surface area contributed by atoms with Crippen LogP contribution < -0.4 is 5.32 Å². The molecule has 0 bridgehead atoms. The van der Waals surface area contributed by atoms with Gasteiger partial charge in [0, 0.05) is 6.54 Å². The average Bonchev–Trinajstić information content (AvgIpc) is 2.76. The quantitative estimate of drug-likeness (QED) is 0.132. The summed E-state index contributed by atoms with van der Waals surface area (Å²) in [5.41, 5.74) is 0. The maximum atomic E-state index is 9.79. The molecule has 0 aliphatic carbocycles. The molecule has 0 aliphatic rings. The molecule has 176 valence electrons. The normalized spacial score (nSPS) is 16.6. The van der Waals surface area contributed by atoms with Gasteiger partial charge in [0.05, 0.1) is 12.7 Å². The number of hydrogen-bond acceptors (Lipinski definition) is 6. The lowest BCUT2D eigenvalue weighted by atomic mass is 10.0. The third-order valence-electron chi connectivity index (χ3n) is 4.93. The van der Waals surface area contributed by atoms with E-state index in [1.165, 1.54) is 25.7 Å². The smallest absolute Gasteiger partial charge is 0.111 e. The van der Waals surface area contributed by atoms with Crippen molar-refractivity contribution in [1.29, 1.82) is 0 Å². The molecule has 0 saturated heterocycles. The summed E-state index contributed by atoms with van der Waals surface area (Å²) in [7, 11) is 0. The van der Waals surface area contributed by atoms with Gasteiger partial charge in [-0.1, -0.05) is 69.1 Å². The van der Waals surface area contributed by atoms with E-state index in [9.17, 15) is 20.4 Å². The fourth-order valence-electron chi connectivity index (χ4n) is 2.98. The van der Waals surface area contributed by atoms with Crippen LogP contribution in [0.2, 0.25) is 0 Å². The number of allylic oxidation sites excluding steroid dienone is 6. The van der Waals surface area contributed by atoms with Crippen LogP contribution in [0.3, 0.4) is 0 Å². The zero-order chi connectivity index (χ0) is 22.5. The van der Waals surface area contributed by atoms with Gasteiger partial charge in [-0.15, -0.1) is 0 Å². The monoisotopic (exact) mass is 427 g/mol. The summed E-state index contributed by atoms with van der Waals surface area (Å²) in [6.45, 7) is 2.34. The minimum atomic E-state index is -1.56. The molecule has 0 radical (unpaired) electrons. The van der Waals surface area contributed by atoms with Crippen LogP contribution in [0.15, 0.2) is 36.5 Å². The number of rotatable bonds is 20. The Morgan fingerprint density at radius 1 is 0.667 bits per heavy atom. The Hall–Kier alpha value is -1.02. The van der Waals surface area contributed by atoms with E-state index in [0.29, 0.717) is 0 Å². The van der Waals surface area contributed by atoms with E-state index in [2.05, 4.69) is 48.7 Å². The van der Waals surface area contributed by atoms with E-state index >= 15 is 0 Å². The van der Waals surface area contributed by atoms with Crippen LogP contribution in [0, 0.1) is 0 Å². The first kappa shape index (κ1) is 29.0. The zero-order valence-corrected chi connectivity index (χ0v) is 18.7. The Bertz CT molecular complexity index is 453. The SMILES string of the molecule is CCC=CCC=CCC=CCCCCCCCCNC[C@H](O)[C@@H](O)[C@H](O)[C@H](O)CO. The minimum Gasteiger partial charge on any atom is -0.394 e. The first-order valence-corrected chi connectivity index (χ1v) is 11.5. The summed E-state index contributed by atoms with van der Waals surface area (Å²) in [6.07, 6.45) is 18.9. The molecular formula is C24H45NO5. The second kappa shape index (κ2) is 21.2. The third-order valence-corrected chi connectivity index (χ3v) is 4.93. The van der Waals surface area contributed by atoms with Gasteiger partial charge >= 0.3 is 0 Å². The van der Waals surface area contributed by atoms with Gasteiger partial charge < -0.3 is 30.8 Å². The van der Waals surface area contributed by atoms with Gasteiger partial charge in [0.25, 0.3) is 0 Å². The van der Waals surface area contributed by atoms with Crippen molar-refractivity contribution >= 4 is 0 Å². The highest BCUT2D eigenvalue weighted by molar-refractivity contribution is 4.96. The molecule has 0 aromatic carbocycles. The lowest BCUT2D eigenvalue weighted by Gasteiger charge is -2.25. The van der Waals surface area contributed by atoms with E-state index < -0.39 is 31.0 Å². The lowest BCUT2D eigenvalue weighted by Crippen LogP contribution is -2.49. The van der Waals surface area contributed by atoms with Gasteiger partial charge in [0.2, 0.25) is 0 Å². The molecule has 4 atom stereocenters. The van der Waals surface area contributed by atoms with Crippen molar-refractivity contribution in [1.82, 2.24) is 5.32 Å². The van der Waals surface area contributed by atoms with E-state index in [4.69, 9.17) is 5.11 Å². The molecule has 0 saturated carbocycles. The first-order chi connectivity index (χ1) is 14.5. The van der Waals surface area contributed by atoms with Crippen molar-refractivity contribution in [3.63, 3.8) is 0 Å². The summed E-state index contributed by atoms with van der Waals surface area (Å²) >= 11 is 0. The highest BCUT2D eigenvalue weighted by Gasteiger charge is 2.29. The zero-order valence-electron chi connectivity index (χ0n) is 18.7. The standard InChI is InChI=1S/C24H45NO5/c1-2-3-4-5-6-7-8-9-10-11-12-13-14-15-16-17-18-25-19-21(27)23(29)24(30)22(28)20-26/h3-4,6-7,9-10,21-30H,2,5,8,11-20H2,1H3/t21-,22+,23+,24+/m0/s1. The minimum absolute atomic E-state index is 0.132. The summed E-state index contributed by atoms with van der Waals surface area (Å²) < 4.78 is 0. The van der Waals surface area contributed by atoms with E-state index in [-0.39, 0.29) is 6.54 Å². The van der Waals surface area contributed by atoms with Crippen LogP contribution in [0.25, 0.3) is 0 Å². The van der Waals surface area contributed by atoms with Gasteiger partial charge in [0.15, 0.2) is 0 Å². The van der Waals surface area contributed by atoms with Crippen molar-refractivity contribution in [3.05, 3.63) is 36.5 Å². The Kier molecular flexibility index (Phi) is 20.5. The first-order valence-electron chi connectivity index (χ1n) is 11.5. The molecule has 0 unspecified atom stereocenters. The lowest BCUT2D eigenvalue weighted by molar-refractivity contribution is -0.113. The van der Waals surface area contributed by atoms with Crippen molar-refractivity contribution in [2.45, 2.75) is 95.5 Å². The van der Waals surface area contributed by atoms with E-state index in [1.807, 2.05) is 0 Å². The Morgan fingerprint density at radius 2 is 1.20 bits per heavy atom. The maximum Gasteiger partial charge on any atom is 0.111 e. The molecule has 30 heavy (non-hydrogen) atoms. The second-order valence-corrected chi connectivity index (χ2v) is 7.71. The van der Waals surface area contributed by atoms with Crippen LogP contribution in [0.1, 0.15) is 71.1 Å². The highest BCUT2D eigenvalue weighted by atomic mass is 16.4. The molecule has 0 spiro atoms. The molecule has 0 amide bonds. The van der Waals surface area contributed by atoms with Crippen molar-refractivity contribution < 1.29 is 25.5 Å². The topological polar surface area (TPSA) is 113 Å². The molecule has 0 rings (SSSR count). The van der Waals surface area contributed by atoms with Crippen LogP contribution in [0.4, 0.5) is 0 Å². The third kappa shape index (κ3) is 16.7. The Balaban J connectivity index is 3.46. The van der Waals surface area contributed by atoms with Crippen LogP contribution in [-0.4, -0.2) is 69.6 Å². The Labute approximate surface area is 183 Å². The highest BCUT2D eigenvalue weighted by Crippen LogP contribution is 2.08. The van der Waals surface area contributed by atoms with Crippen molar-refractivity contribution in [2.24, 2.45) is 0 Å². The summed E-state index contributed by atoms with van der Waals surface area (Å²) in [4.78, 5) is 0. The largest absolute Gasteiger partial charge is 0.394 e. The van der Waals surface area contributed by atoms with Crippen LogP contribution in [-0.2, 0) is 0 Å². The van der Waals surface area contributed by atoms with Gasteiger partial charge in [-0.25, -0.2) is 0 Å². The fourth-order valence-corrected chi connectivity index (χ4v) is 2.98. The molecule has 0 aromatic heterocycles. The summed E-state index contributed by atoms with van der Waals surface area (Å²) in [5.74, 6) is 0. The maximum absolute atomic E-state index is 9.79. The van der Waals surface area contributed by atoms with Crippen LogP contribution >= 0.6 is 0 Å². The number of aliphatic hydroxyl groups is 5. The molecular weight excluding hydrogens is 382 g/mol. The summed E-state index contributed by atoms with van der Waals surface area (Å²) in [5, 5.41) is 50.1. The molecule has 6 N–H and O–H groups in total. The van der Waals surface area contributed by atoms with E-state index in [0.717, 1.165) is 45.1 Å². The van der Waals surface area contributed by atoms with E-state index in [1.54, 1.807) is 0 Å². The predicted octanol–water partition coefficient (Wildman–Crippen LogP) is 2.60. The van der Waals surface area contributed by atoms with Gasteiger partial charge in [0.1, 0.15) is 18.3 Å². The molecule has 0 heterocycles. The summed E-state index contributed by atoms with van der Waals surface area (Å²) in [6, 6.07) is 0. The fraction of sp³-hybridized carbons (Fsp3) is 0.750. The van der Waals surface area contributed by atoms with Crippen molar-refractivity contribution in [3.8, 4) is 0 Å². The molecule has 6 nitrogen and oxygen atoms in total. The Morgan fingerprint density at radius 3 is 1.83 bits per heavy atom. The molecule has 0 aromatic rings. The average molecular weight is 428 g/mol. The number of hydrogen-bond donors (Lipinski definition) is 6. The van der Waals surface area contributed by atoms with Gasteiger partial charge in [-0.2, -0.15) is 0 Å². The number of unbranched alkanes of at least 4 members (excludes halogenated alkanes) is 6. The van der Waals surface area contributed by atoms with Gasteiger partial charge in [-0.05, 0) is 45.1 Å².